The second-order valence-corrected chi connectivity index (χ2v) is 2.02. The number of rotatable bonds is 2. The molecule has 0 unspecified atom stereocenters. The first kappa shape index (κ1) is 12.6. The Balaban J connectivity index is 0. The molecule has 0 aliphatic heterocycles. The molecule has 0 atom stereocenters. The summed E-state index contributed by atoms with van der Waals surface area (Å²) in [5.41, 5.74) is 7.64. The molecule has 0 rings (SSSR count). The van der Waals surface area contributed by atoms with Gasteiger partial charge in [-0.1, -0.05) is 20.4 Å². The van der Waals surface area contributed by atoms with Crippen molar-refractivity contribution in [3.8, 4) is 0 Å². The number of hydrogen-bond donors (Lipinski definition) is 2. The van der Waals surface area contributed by atoms with E-state index in [1.165, 1.54) is 6.21 Å². The maximum Gasteiger partial charge on any atom is 0.0269 e. The fourth-order valence-corrected chi connectivity index (χ4v) is 0.574. The molecule has 0 aliphatic rings. The molecule has 0 heterocycles. The van der Waals surface area contributed by atoms with Crippen molar-refractivity contribution < 1.29 is 0 Å². The zero-order valence-electron chi connectivity index (χ0n) is 7.86. The second kappa shape index (κ2) is 7.06. The topological polar surface area (TPSA) is 49.9 Å². The van der Waals surface area contributed by atoms with Crippen molar-refractivity contribution in [2.45, 2.75) is 27.7 Å². The van der Waals surface area contributed by atoms with Crippen molar-refractivity contribution in [2.24, 2.45) is 5.73 Å². The van der Waals surface area contributed by atoms with E-state index in [0.717, 1.165) is 11.1 Å². The number of allylic oxidation sites excluding steroid dienone is 3. The third kappa shape index (κ3) is 5.40. The van der Waals surface area contributed by atoms with Crippen LogP contribution in [0.2, 0.25) is 0 Å². The molecule has 0 aliphatic carbocycles. The lowest BCUT2D eigenvalue weighted by molar-refractivity contribution is 1.26. The van der Waals surface area contributed by atoms with E-state index >= 15 is 0 Å². The van der Waals surface area contributed by atoms with E-state index < -0.39 is 0 Å². The van der Waals surface area contributed by atoms with E-state index in [1.54, 1.807) is 6.92 Å². The highest BCUT2D eigenvalue weighted by Gasteiger charge is 1.94. The molecule has 0 aromatic heterocycles. The van der Waals surface area contributed by atoms with E-state index in [2.05, 4.69) is 6.58 Å². The number of hydrogen-bond acceptors (Lipinski definition) is 2. The largest absolute Gasteiger partial charge is 0.402 e. The zero-order chi connectivity index (χ0) is 9.44. The summed E-state index contributed by atoms with van der Waals surface area (Å²) < 4.78 is 0. The molecule has 0 aromatic rings. The summed E-state index contributed by atoms with van der Waals surface area (Å²) in [6, 6.07) is 0. The Bertz CT molecular complexity index is 162. The third-order valence-electron chi connectivity index (χ3n) is 1.03. The highest BCUT2D eigenvalue weighted by molar-refractivity contribution is 5.82. The predicted octanol–water partition coefficient (Wildman–Crippen LogP) is 2.47. The molecule has 3 N–H and O–H groups in total. The highest BCUT2D eigenvalue weighted by Crippen LogP contribution is 2.04. The highest BCUT2D eigenvalue weighted by atomic mass is 14.6. The predicted molar refractivity (Wildman–Crippen MR) is 51.8 cm³/mol. The van der Waals surface area contributed by atoms with Crippen LogP contribution < -0.4 is 5.73 Å². The lowest BCUT2D eigenvalue weighted by Crippen LogP contribution is -1.99. The van der Waals surface area contributed by atoms with Gasteiger partial charge in [0.15, 0.2) is 0 Å². The van der Waals surface area contributed by atoms with Crippen molar-refractivity contribution >= 4 is 6.21 Å². The maximum atomic E-state index is 6.90. The summed E-state index contributed by atoms with van der Waals surface area (Å²) in [5.74, 6) is 0. The minimum atomic E-state index is 0.650. The van der Waals surface area contributed by atoms with Crippen molar-refractivity contribution in [3.05, 3.63) is 23.4 Å². The molecule has 0 amide bonds. The Labute approximate surface area is 69.3 Å². The molecule has 0 saturated carbocycles. The lowest BCUT2D eigenvalue weighted by Gasteiger charge is -1.99. The van der Waals surface area contributed by atoms with Gasteiger partial charge in [0, 0.05) is 17.5 Å². The maximum absolute atomic E-state index is 6.90. The zero-order valence-corrected chi connectivity index (χ0v) is 7.86. The van der Waals surface area contributed by atoms with Crippen molar-refractivity contribution in [1.29, 1.82) is 5.41 Å². The van der Waals surface area contributed by atoms with Gasteiger partial charge >= 0.3 is 0 Å². The van der Waals surface area contributed by atoms with E-state index in [4.69, 9.17) is 11.1 Å². The molecular formula is C9H18N2. The Kier molecular flexibility index (Phi) is 8.10. The van der Waals surface area contributed by atoms with Crippen LogP contribution in [0, 0.1) is 5.41 Å². The van der Waals surface area contributed by atoms with Gasteiger partial charge < -0.3 is 11.1 Å². The SMILES string of the molecule is C=C(C)/C(C=N)=C(\C)N.CC. The average Bonchev–Trinajstić information content (AvgIpc) is 1.91. The lowest BCUT2D eigenvalue weighted by atomic mass is 10.1. The first-order chi connectivity index (χ1) is 5.09. The van der Waals surface area contributed by atoms with Crippen molar-refractivity contribution in [1.82, 2.24) is 0 Å². The molecule has 0 spiro atoms. The van der Waals surface area contributed by atoms with Crippen LogP contribution >= 0.6 is 0 Å². The summed E-state index contributed by atoms with van der Waals surface area (Å²) >= 11 is 0. The van der Waals surface area contributed by atoms with E-state index in [1.807, 2.05) is 20.8 Å². The summed E-state index contributed by atoms with van der Waals surface area (Å²) in [6.45, 7) is 11.2. The molecule has 64 valence electrons. The summed E-state index contributed by atoms with van der Waals surface area (Å²) in [4.78, 5) is 0. The normalized spacial score (nSPS) is 10.5. The first-order valence-electron chi connectivity index (χ1n) is 3.72. The molecule has 0 bridgehead atoms. The van der Waals surface area contributed by atoms with Gasteiger partial charge in [-0.15, -0.1) is 0 Å². The van der Waals surface area contributed by atoms with E-state index in [0.29, 0.717) is 5.70 Å². The Morgan fingerprint density at radius 1 is 1.36 bits per heavy atom. The van der Waals surface area contributed by atoms with Crippen LogP contribution in [0.5, 0.6) is 0 Å². The van der Waals surface area contributed by atoms with Crippen LogP contribution in [-0.2, 0) is 0 Å². The second-order valence-electron chi connectivity index (χ2n) is 2.02. The smallest absolute Gasteiger partial charge is 0.0269 e. The van der Waals surface area contributed by atoms with Gasteiger partial charge in [-0.25, -0.2) is 0 Å². The summed E-state index contributed by atoms with van der Waals surface area (Å²) in [7, 11) is 0. The summed E-state index contributed by atoms with van der Waals surface area (Å²) in [5, 5.41) is 6.90. The average molecular weight is 154 g/mol. The Morgan fingerprint density at radius 2 is 1.73 bits per heavy atom. The van der Waals surface area contributed by atoms with Gasteiger partial charge in [0.2, 0.25) is 0 Å². The van der Waals surface area contributed by atoms with Crippen LogP contribution in [-0.4, -0.2) is 6.21 Å². The Morgan fingerprint density at radius 3 is 1.73 bits per heavy atom. The Hall–Kier alpha value is -1.05. The standard InChI is InChI=1S/C7H12N2.C2H6/c1-5(2)7(4-8)6(3)9;1-2/h4,8H,1,9H2,2-3H3;1-2H3/b7-6+,8-4?;. The fraction of sp³-hybridized carbons (Fsp3) is 0.444. The first-order valence-corrected chi connectivity index (χ1v) is 3.72. The van der Waals surface area contributed by atoms with Gasteiger partial charge in [-0.2, -0.15) is 0 Å². The molecular weight excluding hydrogens is 136 g/mol. The number of nitrogens with one attached hydrogen (secondary N) is 1. The van der Waals surface area contributed by atoms with Crippen LogP contribution in [0.25, 0.3) is 0 Å². The van der Waals surface area contributed by atoms with Crippen LogP contribution in [0.4, 0.5) is 0 Å². The third-order valence-corrected chi connectivity index (χ3v) is 1.03. The fourth-order valence-electron chi connectivity index (χ4n) is 0.574. The minimum Gasteiger partial charge on any atom is -0.402 e. The van der Waals surface area contributed by atoms with Gasteiger partial charge in [0.25, 0.3) is 0 Å². The summed E-state index contributed by atoms with van der Waals surface area (Å²) in [6.07, 6.45) is 1.22. The molecule has 2 nitrogen and oxygen atoms in total. The molecule has 11 heavy (non-hydrogen) atoms. The number of nitrogens with two attached hydrogens (primary N) is 1. The molecule has 0 aromatic carbocycles. The van der Waals surface area contributed by atoms with Gasteiger partial charge in [0.05, 0.1) is 0 Å². The minimum absolute atomic E-state index is 0.650. The molecule has 0 radical (unpaired) electrons. The quantitative estimate of drug-likeness (QED) is 0.466. The van der Waals surface area contributed by atoms with Crippen molar-refractivity contribution in [2.75, 3.05) is 0 Å². The van der Waals surface area contributed by atoms with Crippen LogP contribution in [0.1, 0.15) is 27.7 Å². The van der Waals surface area contributed by atoms with E-state index in [9.17, 15) is 0 Å². The van der Waals surface area contributed by atoms with Crippen LogP contribution in [0.15, 0.2) is 23.4 Å². The van der Waals surface area contributed by atoms with Gasteiger partial charge in [-0.3, -0.25) is 0 Å². The molecule has 0 saturated heterocycles. The monoisotopic (exact) mass is 154 g/mol. The van der Waals surface area contributed by atoms with Gasteiger partial charge in [-0.05, 0) is 19.4 Å². The van der Waals surface area contributed by atoms with Gasteiger partial charge in [0.1, 0.15) is 0 Å². The molecule has 2 heteroatoms. The molecule has 0 fully saturated rings. The van der Waals surface area contributed by atoms with Crippen LogP contribution in [0.3, 0.4) is 0 Å². The van der Waals surface area contributed by atoms with Crippen molar-refractivity contribution in [3.63, 3.8) is 0 Å². The van der Waals surface area contributed by atoms with E-state index in [-0.39, 0.29) is 0 Å².